The summed E-state index contributed by atoms with van der Waals surface area (Å²) < 4.78 is 37.1. The van der Waals surface area contributed by atoms with Crippen LogP contribution < -0.4 is 5.32 Å². The van der Waals surface area contributed by atoms with Crippen molar-refractivity contribution in [3.05, 3.63) is 35.4 Å². The first-order valence-electron chi connectivity index (χ1n) is 5.89. The lowest BCUT2D eigenvalue weighted by atomic mass is 10.0. The molecule has 2 rings (SSSR count). The van der Waals surface area contributed by atoms with E-state index >= 15 is 0 Å². The number of nitrogens with one attached hydrogen (secondary N) is 1. The Morgan fingerprint density at radius 3 is 2.44 bits per heavy atom. The van der Waals surface area contributed by atoms with Crippen LogP contribution in [-0.2, 0) is 17.4 Å². The number of benzene rings is 1. The molecule has 1 saturated heterocycles. The van der Waals surface area contributed by atoms with Gasteiger partial charge in [-0.05, 0) is 37.1 Å². The van der Waals surface area contributed by atoms with E-state index in [-0.39, 0.29) is 18.2 Å². The van der Waals surface area contributed by atoms with Crippen LogP contribution in [0.3, 0.4) is 0 Å². The van der Waals surface area contributed by atoms with Crippen molar-refractivity contribution in [3.63, 3.8) is 0 Å². The summed E-state index contributed by atoms with van der Waals surface area (Å²) in [5.41, 5.74) is -0.0561. The summed E-state index contributed by atoms with van der Waals surface area (Å²) in [7, 11) is 0. The van der Waals surface area contributed by atoms with Gasteiger partial charge in [-0.2, -0.15) is 13.2 Å². The molecule has 1 aromatic carbocycles. The van der Waals surface area contributed by atoms with Crippen molar-refractivity contribution in [1.82, 2.24) is 5.32 Å². The highest BCUT2D eigenvalue weighted by atomic mass is 19.4. The standard InChI is InChI=1S/C13H14F3NO/c14-13(15,16)10-5-3-9(4-6-10)8-12(18)11-2-1-7-17-11/h3-6,11,17H,1-2,7-8H2. The first kappa shape index (κ1) is 13.1. The highest BCUT2D eigenvalue weighted by molar-refractivity contribution is 5.86. The molecule has 1 fully saturated rings. The highest BCUT2D eigenvalue weighted by Gasteiger charge is 2.30. The molecular formula is C13H14F3NO. The zero-order valence-electron chi connectivity index (χ0n) is 9.76. The maximum absolute atomic E-state index is 12.4. The molecule has 0 spiro atoms. The van der Waals surface area contributed by atoms with E-state index in [1.54, 1.807) is 0 Å². The molecule has 1 aliphatic heterocycles. The van der Waals surface area contributed by atoms with Crippen LogP contribution in [0, 0.1) is 0 Å². The van der Waals surface area contributed by atoms with Crippen LogP contribution in [0.2, 0.25) is 0 Å². The predicted octanol–water partition coefficient (Wildman–Crippen LogP) is 2.57. The topological polar surface area (TPSA) is 29.1 Å². The van der Waals surface area contributed by atoms with Crippen molar-refractivity contribution in [1.29, 1.82) is 0 Å². The van der Waals surface area contributed by atoms with Gasteiger partial charge in [-0.25, -0.2) is 0 Å². The SMILES string of the molecule is O=C(Cc1ccc(C(F)(F)F)cc1)C1CCCN1. The highest BCUT2D eigenvalue weighted by Crippen LogP contribution is 2.29. The Bertz CT molecular complexity index is 419. The van der Waals surface area contributed by atoms with E-state index in [0.717, 1.165) is 31.5 Å². The first-order valence-corrected chi connectivity index (χ1v) is 5.89. The molecule has 2 nitrogen and oxygen atoms in total. The molecule has 1 atom stereocenters. The Morgan fingerprint density at radius 2 is 1.94 bits per heavy atom. The van der Waals surface area contributed by atoms with Gasteiger partial charge in [0.1, 0.15) is 0 Å². The molecule has 5 heteroatoms. The van der Waals surface area contributed by atoms with E-state index in [4.69, 9.17) is 0 Å². The van der Waals surface area contributed by atoms with Crippen LogP contribution in [-0.4, -0.2) is 18.4 Å². The van der Waals surface area contributed by atoms with Gasteiger partial charge >= 0.3 is 6.18 Å². The van der Waals surface area contributed by atoms with Crippen molar-refractivity contribution in [2.45, 2.75) is 31.5 Å². The number of halogens is 3. The van der Waals surface area contributed by atoms with Crippen LogP contribution in [0.5, 0.6) is 0 Å². The summed E-state index contributed by atoms with van der Waals surface area (Å²) in [5, 5.41) is 3.08. The van der Waals surface area contributed by atoms with E-state index in [9.17, 15) is 18.0 Å². The van der Waals surface area contributed by atoms with Crippen molar-refractivity contribution < 1.29 is 18.0 Å². The smallest absolute Gasteiger partial charge is 0.307 e. The minimum absolute atomic E-state index is 0.0484. The fraction of sp³-hybridized carbons (Fsp3) is 0.462. The van der Waals surface area contributed by atoms with Gasteiger partial charge in [0.05, 0.1) is 11.6 Å². The summed E-state index contributed by atoms with van der Waals surface area (Å²) in [4.78, 5) is 11.8. The molecule has 0 aliphatic carbocycles. The van der Waals surface area contributed by atoms with E-state index in [1.165, 1.54) is 12.1 Å². The van der Waals surface area contributed by atoms with Gasteiger partial charge in [0.25, 0.3) is 0 Å². The number of alkyl halides is 3. The van der Waals surface area contributed by atoms with E-state index < -0.39 is 11.7 Å². The number of hydrogen-bond donors (Lipinski definition) is 1. The van der Waals surface area contributed by atoms with E-state index in [2.05, 4.69) is 5.32 Å². The Labute approximate surface area is 103 Å². The average molecular weight is 257 g/mol. The maximum Gasteiger partial charge on any atom is 0.416 e. The molecule has 0 bridgehead atoms. The normalized spacial score (nSPS) is 20.1. The van der Waals surface area contributed by atoms with Gasteiger partial charge < -0.3 is 5.32 Å². The van der Waals surface area contributed by atoms with Gasteiger partial charge in [-0.3, -0.25) is 4.79 Å². The molecule has 0 saturated carbocycles. The molecule has 1 unspecified atom stereocenters. The Hall–Kier alpha value is -1.36. The second kappa shape index (κ2) is 5.10. The number of carbonyl (C=O) groups excluding carboxylic acids is 1. The molecule has 1 aromatic rings. The van der Waals surface area contributed by atoms with Gasteiger partial charge in [0.15, 0.2) is 5.78 Å². The molecule has 0 aromatic heterocycles. The van der Waals surface area contributed by atoms with Gasteiger partial charge in [-0.1, -0.05) is 12.1 Å². The number of rotatable bonds is 3. The minimum Gasteiger partial charge on any atom is -0.307 e. The fourth-order valence-corrected chi connectivity index (χ4v) is 2.10. The second-order valence-electron chi connectivity index (χ2n) is 4.49. The maximum atomic E-state index is 12.4. The van der Waals surface area contributed by atoms with Gasteiger partial charge in [0.2, 0.25) is 0 Å². The van der Waals surface area contributed by atoms with Crippen LogP contribution in [0.1, 0.15) is 24.0 Å². The lowest BCUT2D eigenvalue weighted by Crippen LogP contribution is -2.31. The molecule has 1 heterocycles. The summed E-state index contributed by atoms with van der Waals surface area (Å²) in [6, 6.07) is 4.65. The molecule has 1 N–H and O–H groups in total. The molecule has 18 heavy (non-hydrogen) atoms. The van der Waals surface area contributed by atoms with Crippen LogP contribution >= 0.6 is 0 Å². The third kappa shape index (κ3) is 3.10. The number of ketones is 1. The van der Waals surface area contributed by atoms with Gasteiger partial charge in [-0.15, -0.1) is 0 Å². The van der Waals surface area contributed by atoms with Crippen molar-refractivity contribution in [3.8, 4) is 0 Å². The Balaban J connectivity index is 2.00. The number of hydrogen-bond acceptors (Lipinski definition) is 2. The quantitative estimate of drug-likeness (QED) is 0.901. The Morgan fingerprint density at radius 1 is 1.28 bits per heavy atom. The largest absolute Gasteiger partial charge is 0.416 e. The zero-order chi connectivity index (χ0) is 13.2. The van der Waals surface area contributed by atoms with Crippen molar-refractivity contribution >= 4 is 5.78 Å². The zero-order valence-corrected chi connectivity index (χ0v) is 9.76. The lowest BCUT2D eigenvalue weighted by molar-refractivity contribution is -0.137. The van der Waals surface area contributed by atoms with Crippen molar-refractivity contribution in [2.24, 2.45) is 0 Å². The average Bonchev–Trinajstić information content (AvgIpc) is 2.82. The van der Waals surface area contributed by atoms with Crippen LogP contribution in [0.15, 0.2) is 24.3 Å². The molecule has 0 amide bonds. The molecule has 0 radical (unpaired) electrons. The monoisotopic (exact) mass is 257 g/mol. The second-order valence-corrected chi connectivity index (χ2v) is 4.49. The number of Topliss-reactive ketones (excluding diaryl/α,β-unsaturated/α-hetero) is 1. The number of carbonyl (C=O) groups is 1. The summed E-state index contributed by atoms with van der Waals surface area (Å²) in [6.45, 7) is 0.837. The third-order valence-corrected chi connectivity index (χ3v) is 3.11. The molecular weight excluding hydrogens is 243 g/mol. The fourth-order valence-electron chi connectivity index (χ4n) is 2.10. The Kier molecular flexibility index (Phi) is 3.71. The summed E-state index contributed by atoms with van der Waals surface area (Å²) >= 11 is 0. The van der Waals surface area contributed by atoms with Crippen molar-refractivity contribution in [2.75, 3.05) is 6.54 Å². The van der Waals surface area contributed by atoms with Crippen LogP contribution in [0.4, 0.5) is 13.2 Å². The minimum atomic E-state index is -4.32. The third-order valence-electron chi connectivity index (χ3n) is 3.11. The summed E-state index contributed by atoms with van der Waals surface area (Å²) in [5.74, 6) is 0.0484. The predicted molar refractivity (Wildman–Crippen MR) is 61.2 cm³/mol. The summed E-state index contributed by atoms with van der Waals surface area (Å²) in [6.07, 6.45) is -2.34. The van der Waals surface area contributed by atoms with Gasteiger partial charge in [0, 0.05) is 6.42 Å². The first-order chi connectivity index (χ1) is 8.47. The van der Waals surface area contributed by atoms with E-state index in [1.807, 2.05) is 0 Å². The molecule has 98 valence electrons. The van der Waals surface area contributed by atoms with E-state index in [0.29, 0.717) is 5.56 Å². The van der Waals surface area contributed by atoms with Crippen LogP contribution in [0.25, 0.3) is 0 Å². The lowest BCUT2D eigenvalue weighted by Gasteiger charge is -2.10. The molecule has 1 aliphatic rings.